The van der Waals surface area contributed by atoms with Gasteiger partial charge in [-0.1, -0.05) is 6.07 Å². The van der Waals surface area contributed by atoms with Gasteiger partial charge in [0.15, 0.2) is 0 Å². The quantitative estimate of drug-likeness (QED) is 0.858. The van der Waals surface area contributed by atoms with Gasteiger partial charge >= 0.3 is 0 Å². The molecule has 1 aliphatic heterocycles. The van der Waals surface area contributed by atoms with E-state index in [1.54, 1.807) is 11.3 Å². The molecule has 0 bridgehead atoms. The highest BCUT2D eigenvalue weighted by Gasteiger charge is 2.37. The first-order chi connectivity index (χ1) is 7.52. The summed E-state index contributed by atoms with van der Waals surface area (Å²) in [4.78, 5) is 15.1. The van der Waals surface area contributed by atoms with Crippen molar-refractivity contribution in [1.29, 1.82) is 0 Å². The third-order valence-corrected chi connectivity index (χ3v) is 4.24. The van der Waals surface area contributed by atoms with Gasteiger partial charge in [-0.25, -0.2) is 0 Å². The van der Waals surface area contributed by atoms with Gasteiger partial charge < -0.3 is 10.6 Å². The van der Waals surface area contributed by atoms with Crippen LogP contribution in [0.25, 0.3) is 0 Å². The number of rotatable bonds is 2. The van der Waals surface area contributed by atoms with Crippen molar-refractivity contribution in [1.82, 2.24) is 4.90 Å². The van der Waals surface area contributed by atoms with Gasteiger partial charge in [-0.15, -0.1) is 11.3 Å². The van der Waals surface area contributed by atoms with Crippen LogP contribution in [0.1, 0.15) is 37.6 Å². The van der Waals surface area contributed by atoms with Crippen molar-refractivity contribution in [3.63, 3.8) is 0 Å². The molecule has 2 N–H and O–H groups in total. The van der Waals surface area contributed by atoms with Crippen LogP contribution in [0.4, 0.5) is 0 Å². The first-order valence-corrected chi connectivity index (χ1v) is 6.51. The fourth-order valence-electron chi connectivity index (χ4n) is 2.27. The van der Waals surface area contributed by atoms with Crippen molar-refractivity contribution < 1.29 is 4.79 Å². The first-order valence-electron chi connectivity index (χ1n) is 5.63. The molecule has 0 spiro atoms. The predicted octanol–water partition coefficient (Wildman–Crippen LogP) is 2.15. The second-order valence-electron chi connectivity index (χ2n) is 4.90. The van der Waals surface area contributed by atoms with Gasteiger partial charge in [0.1, 0.15) is 6.04 Å². The largest absolute Gasteiger partial charge is 0.336 e. The molecule has 0 saturated carbocycles. The third kappa shape index (κ3) is 1.99. The van der Waals surface area contributed by atoms with Crippen LogP contribution in [0.5, 0.6) is 0 Å². The maximum absolute atomic E-state index is 12.3. The SMILES string of the molecule is CC1(C)CCCN1C(=O)C(N)c1cccs1. The monoisotopic (exact) mass is 238 g/mol. The molecule has 3 nitrogen and oxygen atoms in total. The molecule has 2 heterocycles. The zero-order chi connectivity index (χ0) is 11.8. The van der Waals surface area contributed by atoms with Crippen molar-refractivity contribution in [2.75, 3.05) is 6.54 Å². The number of carbonyl (C=O) groups is 1. The maximum atomic E-state index is 12.3. The minimum absolute atomic E-state index is 0.0358. The molecule has 1 unspecified atom stereocenters. The lowest BCUT2D eigenvalue weighted by Crippen LogP contribution is -2.46. The topological polar surface area (TPSA) is 46.3 Å². The Hall–Kier alpha value is -0.870. The molecular formula is C12H18N2OS. The summed E-state index contributed by atoms with van der Waals surface area (Å²) in [6, 6.07) is 3.37. The van der Waals surface area contributed by atoms with E-state index in [0.29, 0.717) is 0 Å². The van der Waals surface area contributed by atoms with E-state index in [9.17, 15) is 4.79 Å². The standard InChI is InChI=1S/C12H18N2OS/c1-12(2)6-4-7-14(12)11(15)10(13)9-5-3-8-16-9/h3,5,8,10H,4,6-7,13H2,1-2H3. The molecule has 0 radical (unpaired) electrons. The van der Waals surface area contributed by atoms with Crippen molar-refractivity contribution in [2.24, 2.45) is 5.73 Å². The second kappa shape index (κ2) is 4.18. The van der Waals surface area contributed by atoms with E-state index < -0.39 is 6.04 Å². The number of hydrogen-bond donors (Lipinski definition) is 1. The van der Waals surface area contributed by atoms with Gasteiger partial charge in [0.25, 0.3) is 0 Å². The molecule has 0 aliphatic carbocycles. The zero-order valence-electron chi connectivity index (χ0n) is 9.77. The average molecular weight is 238 g/mol. The summed E-state index contributed by atoms with van der Waals surface area (Å²) in [7, 11) is 0. The van der Waals surface area contributed by atoms with Crippen LogP contribution < -0.4 is 5.73 Å². The molecule has 1 saturated heterocycles. The van der Waals surface area contributed by atoms with Gasteiger partial charge in [0.05, 0.1) is 0 Å². The Morgan fingerprint density at radius 3 is 2.88 bits per heavy atom. The smallest absolute Gasteiger partial charge is 0.245 e. The van der Waals surface area contributed by atoms with E-state index in [4.69, 9.17) is 5.73 Å². The summed E-state index contributed by atoms with van der Waals surface area (Å²) >= 11 is 1.55. The number of likely N-dealkylation sites (tertiary alicyclic amines) is 1. The summed E-state index contributed by atoms with van der Waals surface area (Å²) < 4.78 is 0. The molecule has 1 fully saturated rings. The van der Waals surface area contributed by atoms with Crippen LogP contribution in [0.3, 0.4) is 0 Å². The van der Waals surface area contributed by atoms with E-state index in [0.717, 1.165) is 24.3 Å². The Kier molecular flexibility index (Phi) is 3.04. The van der Waals surface area contributed by atoms with Gasteiger partial charge in [0.2, 0.25) is 5.91 Å². The molecule has 1 amide bonds. The molecule has 1 aromatic rings. The van der Waals surface area contributed by atoms with Gasteiger partial charge in [0, 0.05) is 17.0 Å². The summed E-state index contributed by atoms with van der Waals surface area (Å²) in [6.45, 7) is 5.06. The molecule has 16 heavy (non-hydrogen) atoms. The van der Waals surface area contributed by atoms with Crippen molar-refractivity contribution in [3.05, 3.63) is 22.4 Å². The third-order valence-electron chi connectivity index (χ3n) is 3.28. The fraction of sp³-hybridized carbons (Fsp3) is 0.583. The normalized spacial score (nSPS) is 21.1. The summed E-state index contributed by atoms with van der Waals surface area (Å²) in [5.41, 5.74) is 5.97. The molecule has 1 aliphatic rings. The van der Waals surface area contributed by atoms with E-state index in [-0.39, 0.29) is 11.4 Å². The highest BCUT2D eigenvalue weighted by atomic mass is 32.1. The number of nitrogens with zero attached hydrogens (tertiary/aromatic N) is 1. The predicted molar refractivity (Wildman–Crippen MR) is 66.3 cm³/mol. The van der Waals surface area contributed by atoms with Crippen LogP contribution in [-0.4, -0.2) is 22.9 Å². The summed E-state index contributed by atoms with van der Waals surface area (Å²) in [6.07, 6.45) is 2.14. The van der Waals surface area contributed by atoms with Gasteiger partial charge in [-0.05, 0) is 38.1 Å². The zero-order valence-corrected chi connectivity index (χ0v) is 10.6. The van der Waals surface area contributed by atoms with Crippen molar-refractivity contribution in [3.8, 4) is 0 Å². The molecule has 1 atom stereocenters. The summed E-state index contributed by atoms with van der Waals surface area (Å²) in [5.74, 6) is 0.0601. The number of hydrogen-bond acceptors (Lipinski definition) is 3. The lowest BCUT2D eigenvalue weighted by atomic mass is 10.0. The van der Waals surface area contributed by atoms with Crippen LogP contribution in [-0.2, 0) is 4.79 Å². The van der Waals surface area contributed by atoms with Gasteiger partial charge in [-0.2, -0.15) is 0 Å². The maximum Gasteiger partial charge on any atom is 0.245 e. The number of amides is 1. The van der Waals surface area contributed by atoms with Crippen molar-refractivity contribution in [2.45, 2.75) is 38.3 Å². The van der Waals surface area contributed by atoms with Crippen LogP contribution in [0, 0.1) is 0 Å². The van der Waals surface area contributed by atoms with Crippen molar-refractivity contribution >= 4 is 17.2 Å². The molecule has 88 valence electrons. The highest BCUT2D eigenvalue weighted by Crippen LogP contribution is 2.31. The molecular weight excluding hydrogens is 220 g/mol. The molecule has 1 aromatic heterocycles. The van der Waals surface area contributed by atoms with Crippen LogP contribution in [0.15, 0.2) is 17.5 Å². The minimum atomic E-state index is -0.489. The number of nitrogens with two attached hydrogens (primary N) is 1. The fourth-order valence-corrected chi connectivity index (χ4v) is 2.99. The van der Waals surface area contributed by atoms with Gasteiger partial charge in [-0.3, -0.25) is 4.79 Å². The average Bonchev–Trinajstić information content (AvgIpc) is 2.84. The van der Waals surface area contributed by atoms with Crippen LogP contribution in [0.2, 0.25) is 0 Å². The number of thiophene rings is 1. The molecule has 2 rings (SSSR count). The Morgan fingerprint density at radius 1 is 1.62 bits per heavy atom. The summed E-state index contributed by atoms with van der Waals surface area (Å²) in [5, 5.41) is 1.96. The van der Waals surface area contributed by atoms with E-state index in [1.165, 1.54) is 0 Å². The second-order valence-corrected chi connectivity index (χ2v) is 5.88. The Bertz CT molecular complexity index is 372. The Labute approximate surface area is 100 Å². The highest BCUT2D eigenvalue weighted by molar-refractivity contribution is 7.10. The molecule has 0 aromatic carbocycles. The van der Waals surface area contributed by atoms with Crippen LogP contribution >= 0.6 is 11.3 Å². The Balaban J connectivity index is 2.14. The first kappa shape index (κ1) is 11.6. The lowest BCUT2D eigenvalue weighted by molar-refractivity contribution is -0.135. The lowest BCUT2D eigenvalue weighted by Gasteiger charge is -2.33. The van der Waals surface area contributed by atoms with E-state index >= 15 is 0 Å². The van der Waals surface area contributed by atoms with E-state index in [2.05, 4.69) is 13.8 Å². The number of carbonyl (C=O) groups excluding carboxylic acids is 1. The Morgan fingerprint density at radius 2 is 2.38 bits per heavy atom. The molecule has 4 heteroatoms. The minimum Gasteiger partial charge on any atom is -0.336 e. The van der Waals surface area contributed by atoms with E-state index in [1.807, 2.05) is 22.4 Å².